The second-order valence-electron chi connectivity index (χ2n) is 7.98. The van der Waals surface area contributed by atoms with E-state index in [0.29, 0.717) is 27.9 Å². The Kier molecular flexibility index (Phi) is 6.74. The van der Waals surface area contributed by atoms with Gasteiger partial charge >= 0.3 is 5.97 Å². The van der Waals surface area contributed by atoms with Crippen LogP contribution in [-0.4, -0.2) is 39.5 Å². The highest BCUT2D eigenvalue weighted by Crippen LogP contribution is 2.37. The number of methoxy groups -OCH3 is 1. The summed E-state index contributed by atoms with van der Waals surface area (Å²) in [5, 5.41) is 11.6. The van der Waals surface area contributed by atoms with Crippen LogP contribution in [0.4, 0.5) is 11.6 Å². The molecule has 1 unspecified atom stereocenters. The summed E-state index contributed by atoms with van der Waals surface area (Å²) in [6, 6.07) is 12.3. The van der Waals surface area contributed by atoms with Crippen molar-refractivity contribution in [3.8, 4) is 0 Å². The number of amides is 1. The summed E-state index contributed by atoms with van der Waals surface area (Å²) in [5.74, 6) is 0.749. The van der Waals surface area contributed by atoms with Gasteiger partial charge in [0.1, 0.15) is 6.04 Å². The molecular formula is C25H27N5O3S. The summed E-state index contributed by atoms with van der Waals surface area (Å²) >= 11 is 1.53. The number of ether oxygens (including phenoxy) is 1. The molecule has 1 aliphatic rings. The summed E-state index contributed by atoms with van der Waals surface area (Å²) < 4.78 is 6.55. The summed E-state index contributed by atoms with van der Waals surface area (Å²) in [6.45, 7) is 7.89. The van der Waals surface area contributed by atoms with Crippen LogP contribution in [0.15, 0.2) is 58.9 Å². The van der Waals surface area contributed by atoms with E-state index in [9.17, 15) is 9.59 Å². The third-order valence-corrected chi connectivity index (χ3v) is 6.57. The SMILES string of the molecule is CCSc1nc2n(n1)C(c1ccc(C(=O)OC)cc1)C(C(=O)Nc1cccc(C)c1C)=C(C)N2. The number of aryl methyl sites for hydroxylation is 1. The molecule has 1 aliphatic heterocycles. The van der Waals surface area contributed by atoms with Gasteiger partial charge in [-0.05, 0) is 61.4 Å². The average molecular weight is 478 g/mol. The first-order valence-corrected chi connectivity index (χ1v) is 12.0. The molecule has 9 heteroatoms. The Labute approximate surface area is 202 Å². The van der Waals surface area contributed by atoms with E-state index in [1.54, 1.807) is 16.8 Å². The Bertz CT molecular complexity index is 1280. The van der Waals surface area contributed by atoms with Gasteiger partial charge in [-0.2, -0.15) is 4.98 Å². The fourth-order valence-electron chi connectivity index (χ4n) is 3.92. The molecule has 2 N–H and O–H groups in total. The molecule has 1 aromatic heterocycles. The number of anilines is 2. The number of nitrogens with zero attached hydrogens (tertiary/aromatic N) is 3. The van der Waals surface area contributed by atoms with Gasteiger partial charge in [-0.1, -0.05) is 43.0 Å². The Morgan fingerprint density at radius 1 is 1.15 bits per heavy atom. The van der Waals surface area contributed by atoms with Gasteiger partial charge in [0.15, 0.2) is 0 Å². The lowest BCUT2D eigenvalue weighted by Crippen LogP contribution is -2.31. The van der Waals surface area contributed by atoms with Crippen molar-refractivity contribution < 1.29 is 14.3 Å². The van der Waals surface area contributed by atoms with Crippen molar-refractivity contribution in [3.05, 3.63) is 76.0 Å². The molecule has 0 bridgehead atoms. The van der Waals surface area contributed by atoms with Crippen LogP contribution in [0.1, 0.15) is 46.9 Å². The van der Waals surface area contributed by atoms with Crippen molar-refractivity contribution >= 4 is 35.3 Å². The van der Waals surface area contributed by atoms with Crippen LogP contribution in [-0.2, 0) is 9.53 Å². The monoisotopic (exact) mass is 477 g/mol. The summed E-state index contributed by atoms with van der Waals surface area (Å²) in [5.41, 5.74) is 5.33. The topological polar surface area (TPSA) is 98.1 Å². The van der Waals surface area contributed by atoms with E-state index in [4.69, 9.17) is 4.74 Å². The third kappa shape index (κ3) is 4.43. The molecule has 3 aromatic rings. The van der Waals surface area contributed by atoms with E-state index >= 15 is 0 Å². The Balaban J connectivity index is 1.78. The van der Waals surface area contributed by atoms with Gasteiger partial charge in [0, 0.05) is 11.4 Å². The summed E-state index contributed by atoms with van der Waals surface area (Å²) in [6.07, 6.45) is 0. The van der Waals surface area contributed by atoms with Crippen LogP contribution in [0.2, 0.25) is 0 Å². The number of nitrogens with one attached hydrogen (secondary N) is 2. The number of allylic oxidation sites excluding steroid dienone is 1. The minimum atomic E-state index is -0.522. The molecule has 4 rings (SSSR count). The maximum Gasteiger partial charge on any atom is 0.337 e. The van der Waals surface area contributed by atoms with Crippen molar-refractivity contribution in [2.24, 2.45) is 0 Å². The number of thioether (sulfide) groups is 1. The first-order valence-electron chi connectivity index (χ1n) is 11.0. The van der Waals surface area contributed by atoms with Crippen LogP contribution < -0.4 is 10.6 Å². The number of carbonyl (C=O) groups excluding carboxylic acids is 2. The molecule has 0 saturated carbocycles. The van der Waals surface area contributed by atoms with Crippen LogP contribution >= 0.6 is 11.8 Å². The number of esters is 1. The molecule has 0 aliphatic carbocycles. The minimum absolute atomic E-state index is 0.230. The quantitative estimate of drug-likeness (QED) is 0.391. The fraction of sp³-hybridized carbons (Fsp3) is 0.280. The smallest absolute Gasteiger partial charge is 0.337 e. The Morgan fingerprint density at radius 3 is 2.56 bits per heavy atom. The molecule has 176 valence electrons. The van der Waals surface area contributed by atoms with Gasteiger partial charge in [0.25, 0.3) is 5.91 Å². The van der Waals surface area contributed by atoms with Crippen LogP contribution in [0.25, 0.3) is 0 Å². The van der Waals surface area contributed by atoms with Crippen molar-refractivity contribution in [2.75, 3.05) is 23.5 Å². The molecular weight excluding hydrogens is 450 g/mol. The second-order valence-corrected chi connectivity index (χ2v) is 9.21. The molecule has 1 atom stereocenters. The molecule has 0 spiro atoms. The van der Waals surface area contributed by atoms with E-state index < -0.39 is 12.0 Å². The van der Waals surface area contributed by atoms with Crippen molar-refractivity contribution in [3.63, 3.8) is 0 Å². The summed E-state index contributed by atoms with van der Waals surface area (Å²) in [4.78, 5) is 30.2. The van der Waals surface area contributed by atoms with E-state index in [0.717, 1.165) is 28.1 Å². The highest BCUT2D eigenvalue weighted by Gasteiger charge is 2.34. The number of carbonyl (C=O) groups is 2. The van der Waals surface area contributed by atoms with E-state index in [2.05, 4.69) is 20.7 Å². The average Bonchev–Trinajstić information content (AvgIpc) is 3.22. The normalized spacial score (nSPS) is 14.9. The van der Waals surface area contributed by atoms with Gasteiger partial charge in [-0.15, -0.1) is 5.10 Å². The predicted octanol–water partition coefficient (Wildman–Crippen LogP) is 4.72. The molecule has 1 amide bonds. The standard InChI is InChI=1S/C25H27N5O3S/c1-6-34-25-28-24-26-16(4)20(22(31)27-19-9-7-8-14(2)15(19)3)21(30(24)29-25)17-10-12-18(13-11-17)23(32)33-5/h7-13,21H,6H2,1-5H3,(H,27,31)(H,26,28,29). The zero-order valence-corrected chi connectivity index (χ0v) is 20.6. The van der Waals surface area contributed by atoms with Crippen LogP contribution in [0.3, 0.4) is 0 Å². The zero-order valence-electron chi connectivity index (χ0n) is 19.8. The Morgan fingerprint density at radius 2 is 1.88 bits per heavy atom. The molecule has 0 fully saturated rings. The van der Waals surface area contributed by atoms with E-state index in [1.165, 1.54) is 18.9 Å². The van der Waals surface area contributed by atoms with Crippen molar-refractivity contribution in [1.29, 1.82) is 0 Å². The van der Waals surface area contributed by atoms with Gasteiger partial charge in [-0.25, -0.2) is 9.48 Å². The molecule has 34 heavy (non-hydrogen) atoms. The van der Waals surface area contributed by atoms with Crippen LogP contribution in [0.5, 0.6) is 0 Å². The molecule has 0 saturated heterocycles. The molecule has 0 radical (unpaired) electrons. The van der Waals surface area contributed by atoms with Gasteiger partial charge in [-0.3, -0.25) is 4.79 Å². The van der Waals surface area contributed by atoms with Gasteiger partial charge in [0.2, 0.25) is 11.1 Å². The number of benzene rings is 2. The van der Waals surface area contributed by atoms with Crippen LogP contribution in [0, 0.1) is 13.8 Å². The number of hydrogen-bond acceptors (Lipinski definition) is 7. The molecule has 2 heterocycles. The zero-order chi connectivity index (χ0) is 24.4. The van der Waals surface area contributed by atoms with E-state index in [1.807, 2.05) is 58.0 Å². The predicted molar refractivity (Wildman–Crippen MR) is 133 cm³/mol. The second kappa shape index (κ2) is 9.72. The maximum atomic E-state index is 13.6. The van der Waals surface area contributed by atoms with E-state index in [-0.39, 0.29) is 5.91 Å². The number of rotatable bonds is 6. The van der Waals surface area contributed by atoms with Crippen molar-refractivity contribution in [2.45, 2.75) is 38.9 Å². The highest BCUT2D eigenvalue weighted by atomic mass is 32.2. The maximum absolute atomic E-state index is 13.6. The minimum Gasteiger partial charge on any atom is -0.465 e. The first kappa shape index (κ1) is 23.6. The molecule has 8 nitrogen and oxygen atoms in total. The summed E-state index contributed by atoms with van der Waals surface area (Å²) in [7, 11) is 1.35. The molecule has 2 aromatic carbocycles. The Hall–Kier alpha value is -3.59. The number of fused-ring (bicyclic) bond motifs is 1. The lowest BCUT2D eigenvalue weighted by molar-refractivity contribution is -0.113. The van der Waals surface area contributed by atoms with Gasteiger partial charge in [0.05, 0.1) is 18.2 Å². The highest BCUT2D eigenvalue weighted by molar-refractivity contribution is 7.99. The number of hydrogen-bond donors (Lipinski definition) is 2. The van der Waals surface area contributed by atoms with Gasteiger partial charge < -0.3 is 15.4 Å². The first-order chi connectivity index (χ1) is 16.3. The largest absolute Gasteiger partial charge is 0.465 e. The fourth-order valence-corrected chi connectivity index (χ4v) is 4.47. The third-order valence-electron chi connectivity index (χ3n) is 5.85. The number of aromatic nitrogens is 3. The lowest BCUT2D eigenvalue weighted by atomic mass is 9.94. The lowest BCUT2D eigenvalue weighted by Gasteiger charge is -2.29. The van der Waals surface area contributed by atoms with Crippen molar-refractivity contribution in [1.82, 2.24) is 14.8 Å².